The van der Waals surface area contributed by atoms with E-state index in [4.69, 9.17) is 4.74 Å². The van der Waals surface area contributed by atoms with Gasteiger partial charge in [-0.15, -0.1) is 0 Å². The number of carbonyl (C=O) groups is 1. The second-order valence-electron chi connectivity index (χ2n) is 6.42. The molecule has 0 aromatic carbocycles. The average Bonchev–Trinajstić information content (AvgIpc) is 2.42. The van der Waals surface area contributed by atoms with Crippen LogP contribution in [0.1, 0.15) is 54.4 Å². The van der Waals surface area contributed by atoms with Crippen LogP contribution in [0.5, 0.6) is 0 Å². The van der Waals surface area contributed by atoms with Crippen LogP contribution in [0.2, 0.25) is 0 Å². The molecule has 0 spiro atoms. The van der Waals surface area contributed by atoms with Crippen LogP contribution in [0.4, 0.5) is 4.79 Å². The smallest absolute Gasteiger partial charge is 0.410 e. The number of carbonyl (C=O) groups excluding carboxylic acids is 1. The Hall–Kier alpha value is -1.46. The minimum Gasteiger partial charge on any atom is -0.444 e. The molecule has 0 aromatic heterocycles. The van der Waals surface area contributed by atoms with Gasteiger partial charge in [0, 0.05) is 32.7 Å². The fourth-order valence-electron chi connectivity index (χ4n) is 1.73. The molecule has 0 fully saturated rings. The normalized spacial score (nSPS) is 13.5. The Labute approximate surface area is 135 Å². The molecule has 0 aromatic rings. The molecule has 0 saturated heterocycles. The molecule has 0 radical (unpaired) electrons. The second kappa shape index (κ2) is 10.3. The molecular formula is C16H34N4O2. The van der Waals surface area contributed by atoms with Gasteiger partial charge in [-0.3, -0.25) is 4.99 Å². The summed E-state index contributed by atoms with van der Waals surface area (Å²) >= 11 is 0. The maximum Gasteiger partial charge on any atom is 0.410 e. The Bertz CT molecular complexity index is 351. The number of ether oxygens (including phenoxy) is 1. The summed E-state index contributed by atoms with van der Waals surface area (Å²) in [6.45, 7) is 13.8. The van der Waals surface area contributed by atoms with Crippen molar-refractivity contribution in [2.45, 2.75) is 66.0 Å². The molecular weight excluding hydrogens is 280 g/mol. The maximum absolute atomic E-state index is 12.1. The maximum atomic E-state index is 12.1. The lowest BCUT2D eigenvalue weighted by Crippen LogP contribution is -2.46. The number of nitrogens with zero attached hydrogens (tertiary/aromatic N) is 2. The van der Waals surface area contributed by atoms with Crippen molar-refractivity contribution < 1.29 is 9.53 Å². The SMILES string of the molecule is CCCN(CCNC(=NC)NC(C)CC)C(=O)OC(C)(C)C. The van der Waals surface area contributed by atoms with Gasteiger partial charge in [0.2, 0.25) is 0 Å². The van der Waals surface area contributed by atoms with Crippen molar-refractivity contribution in [3.63, 3.8) is 0 Å². The molecule has 0 saturated carbocycles. The fourth-order valence-corrected chi connectivity index (χ4v) is 1.73. The summed E-state index contributed by atoms with van der Waals surface area (Å²) < 4.78 is 5.43. The third-order valence-corrected chi connectivity index (χ3v) is 3.04. The van der Waals surface area contributed by atoms with Crippen molar-refractivity contribution >= 4 is 12.1 Å². The number of aliphatic imine (C=N–C) groups is 1. The Kier molecular flexibility index (Phi) is 9.61. The minimum absolute atomic E-state index is 0.263. The quantitative estimate of drug-likeness (QED) is 0.560. The van der Waals surface area contributed by atoms with Gasteiger partial charge >= 0.3 is 6.09 Å². The molecule has 0 heterocycles. The highest BCUT2D eigenvalue weighted by Crippen LogP contribution is 2.10. The molecule has 0 bridgehead atoms. The first kappa shape index (κ1) is 20.5. The van der Waals surface area contributed by atoms with Crippen LogP contribution in [0, 0.1) is 0 Å². The fraction of sp³-hybridized carbons (Fsp3) is 0.875. The summed E-state index contributed by atoms with van der Waals surface area (Å²) in [5, 5.41) is 6.52. The lowest BCUT2D eigenvalue weighted by atomic mass is 10.2. The number of hydrogen-bond donors (Lipinski definition) is 2. The molecule has 0 aliphatic heterocycles. The summed E-state index contributed by atoms with van der Waals surface area (Å²) in [7, 11) is 1.75. The van der Waals surface area contributed by atoms with Gasteiger partial charge in [0.15, 0.2) is 5.96 Å². The van der Waals surface area contributed by atoms with Crippen LogP contribution in [0.15, 0.2) is 4.99 Å². The molecule has 1 atom stereocenters. The molecule has 130 valence electrons. The first-order valence-corrected chi connectivity index (χ1v) is 8.18. The van der Waals surface area contributed by atoms with Gasteiger partial charge in [0.25, 0.3) is 0 Å². The largest absolute Gasteiger partial charge is 0.444 e. The van der Waals surface area contributed by atoms with E-state index in [2.05, 4.69) is 29.5 Å². The zero-order valence-corrected chi connectivity index (χ0v) is 15.3. The summed E-state index contributed by atoms with van der Waals surface area (Å²) in [6.07, 6.45) is 1.67. The number of hydrogen-bond acceptors (Lipinski definition) is 3. The van der Waals surface area contributed by atoms with E-state index < -0.39 is 5.60 Å². The van der Waals surface area contributed by atoms with E-state index in [9.17, 15) is 4.79 Å². The molecule has 6 heteroatoms. The van der Waals surface area contributed by atoms with Crippen molar-refractivity contribution in [1.82, 2.24) is 15.5 Å². The van der Waals surface area contributed by atoms with Gasteiger partial charge in [-0.05, 0) is 40.5 Å². The van der Waals surface area contributed by atoms with Crippen molar-refractivity contribution in [3.05, 3.63) is 0 Å². The van der Waals surface area contributed by atoms with Crippen molar-refractivity contribution in [3.8, 4) is 0 Å². The van der Waals surface area contributed by atoms with E-state index in [1.165, 1.54) is 0 Å². The molecule has 6 nitrogen and oxygen atoms in total. The standard InChI is InChI=1S/C16H34N4O2/c1-8-11-20(15(21)22-16(4,5)6)12-10-18-14(17-7)19-13(3)9-2/h13H,8-12H2,1-7H3,(H2,17,18,19). The summed E-state index contributed by atoms with van der Waals surface area (Å²) in [4.78, 5) is 18.1. The Morgan fingerprint density at radius 3 is 2.36 bits per heavy atom. The second-order valence-corrected chi connectivity index (χ2v) is 6.42. The predicted octanol–water partition coefficient (Wildman–Crippen LogP) is 2.60. The highest BCUT2D eigenvalue weighted by Gasteiger charge is 2.21. The highest BCUT2D eigenvalue weighted by atomic mass is 16.6. The Balaban J connectivity index is 4.38. The van der Waals surface area contributed by atoms with Gasteiger partial charge in [-0.1, -0.05) is 13.8 Å². The van der Waals surface area contributed by atoms with Gasteiger partial charge in [0.05, 0.1) is 0 Å². The topological polar surface area (TPSA) is 66.0 Å². The van der Waals surface area contributed by atoms with Gasteiger partial charge in [-0.25, -0.2) is 4.79 Å². The van der Waals surface area contributed by atoms with Gasteiger partial charge in [-0.2, -0.15) is 0 Å². The van der Waals surface area contributed by atoms with E-state index in [-0.39, 0.29) is 6.09 Å². The first-order valence-electron chi connectivity index (χ1n) is 8.18. The van der Waals surface area contributed by atoms with Crippen LogP contribution in [0.25, 0.3) is 0 Å². The molecule has 2 N–H and O–H groups in total. The molecule has 1 unspecified atom stereocenters. The van der Waals surface area contributed by atoms with E-state index in [1.54, 1.807) is 11.9 Å². The third kappa shape index (κ3) is 9.47. The molecule has 0 rings (SSSR count). The number of amides is 1. The van der Waals surface area contributed by atoms with Crippen LogP contribution in [-0.2, 0) is 4.74 Å². The van der Waals surface area contributed by atoms with Gasteiger partial charge < -0.3 is 20.3 Å². The number of rotatable bonds is 7. The van der Waals surface area contributed by atoms with E-state index in [0.29, 0.717) is 25.7 Å². The third-order valence-electron chi connectivity index (χ3n) is 3.04. The minimum atomic E-state index is -0.468. The summed E-state index contributed by atoms with van der Waals surface area (Å²) in [5.41, 5.74) is -0.468. The van der Waals surface area contributed by atoms with Crippen molar-refractivity contribution in [2.24, 2.45) is 4.99 Å². The first-order chi connectivity index (χ1) is 10.2. The zero-order valence-electron chi connectivity index (χ0n) is 15.3. The van der Waals surface area contributed by atoms with E-state index in [1.807, 2.05) is 27.7 Å². The molecule has 0 aliphatic rings. The van der Waals surface area contributed by atoms with Gasteiger partial charge in [0.1, 0.15) is 5.60 Å². The van der Waals surface area contributed by atoms with Crippen LogP contribution in [0.3, 0.4) is 0 Å². The average molecular weight is 314 g/mol. The van der Waals surface area contributed by atoms with E-state index in [0.717, 1.165) is 18.8 Å². The van der Waals surface area contributed by atoms with Crippen molar-refractivity contribution in [1.29, 1.82) is 0 Å². The summed E-state index contributed by atoms with van der Waals surface area (Å²) in [5.74, 6) is 0.759. The van der Waals surface area contributed by atoms with Crippen LogP contribution in [-0.4, -0.2) is 55.3 Å². The predicted molar refractivity (Wildman–Crippen MR) is 92.3 cm³/mol. The lowest BCUT2D eigenvalue weighted by molar-refractivity contribution is 0.0253. The Morgan fingerprint density at radius 2 is 1.91 bits per heavy atom. The summed E-state index contributed by atoms with van der Waals surface area (Å²) in [6, 6.07) is 0.365. The molecule has 1 amide bonds. The van der Waals surface area contributed by atoms with Crippen LogP contribution >= 0.6 is 0 Å². The highest BCUT2D eigenvalue weighted by molar-refractivity contribution is 5.80. The van der Waals surface area contributed by atoms with E-state index >= 15 is 0 Å². The number of nitrogens with one attached hydrogen (secondary N) is 2. The Morgan fingerprint density at radius 1 is 1.27 bits per heavy atom. The molecule has 0 aliphatic carbocycles. The van der Waals surface area contributed by atoms with Crippen molar-refractivity contribution in [2.75, 3.05) is 26.7 Å². The lowest BCUT2D eigenvalue weighted by Gasteiger charge is -2.27. The molecule has 22 heavy (non-hydrogen) atoms. The van der Waals surface area contributed by atoms with Crippen LogP contribution < -0.4 is 10.6 Å². The monoisotopic (exact) mass is 314 g/mol. The number of guanidine groups is 1. The zero-order chi connectivity index (χ0) is 17.2.